The zero-order valence-electron chi connectivity index (χ0n) is 13.3. The molecule has 0 saturated carbocycles. The number of hydrogen-bond donors (Lipinski definition) is 2. The van der Waals surface area contributed by atoms with E-state index in [1.165, 1.54) is 0 Å². The van der Waals surface area contributed by atoms with Gasteiger partial charge in [0, 0.05) is 11.1 Å². The fourth-order valence-corrected chi connectivity index (χ4v) is 2.75. The van der Waals surface area contributed by atoms with Crippen LogP contribution in [0.4, 0.5) is 5.69 Å². The van der Waals surface area contributed by atoms with Crippen LogP contribution in [0, 0.1) is 0 Å². The lowest BCUT2D eigenvalue weighted by Gasteiger charge is -2.16. The molecule has 118 valence electrons. The lowest BCUT2D eigenvalue weighted by atomic mass is 10.1. The summed E-state index contributed by atoms with van der Waals surface area (Å²) in [5.41, 5.74) is 0.846. The van der Waals surface area contributed by atoms with Gasteiger partial charge in [0.15, 0.2) is 11.8 Å². The predicted molar refractivity (Wildman–Crippen MR) is 91.1 cm³/mol. The molecule has 0 unspecified atom stereocenters. The number of nitrogens with two attached hydrogens (primary N) is 1. The van der Waals surface area contributed by atoms with E-state index in [2.05, 4.69) is 5.32 Å². The topological polar surface area (TPSA) is 58.9 Å². The molecule has 4 heteroatoms. The maximum Gasteiger partial charge on any atom is 0.282 e. The average molecular weight is 309 g/mol. The van der Waals surface area contributed by atoms with Crippen molar-refractivity contribution in [1.29, 1.82) is 0 Å². The van der Waals surface area contributed by atoms with Crippen molar-refractivity contribution in [2.24, 2.45) is 0 Å². The van der Waals surface area contributed by atoms with E-state index in [-0.39, 0.29) is 18.0 Å². The number of furan rings is 1. The van der Waals surface area contributed by atoms with Crippen LogP contribution < -0.4 is 10.6 Å². The minimum atomic E-state index is -0.214. The zero-order chi connectivity index (χ0) is 16.2. The molecule has 2 atom stereocenters. The second-order valence-corrected chi connectivity index (χ2v) is 5.80. The molecule has 2 aromatic carbocycles. The minimum Gasteiger partial charge on any atom is -0.463 e. The highest BCUT2D eigenvalue weighted by molar-refractivity contribution is 6.03. The van der Waals surface area contributed by atoms with Crippen molar-refractivity contribution < 1.29 is 14.5 Å². The van der Waals surface area contributed by atoms with E-state index < -0.39 is 0 Å². The van der Waals surface area contributed by atoms with Gasteiger partial charge in [0.1, 0.15) is 6.04 Å². The van der Waals surface area contributed by atoms with Gasteiger partial charge in [0.2, 0.25) is 0 Å². The van der Waals surface area contributed by atoms with Crippen LogP contribution in [0.15, 0.2) is 65.3 Å². The third-order valence-electron chi connectivity index (χ3n) is 4.03. The quantitative estimate of drug-likeness (QED) is 0.761. The van der Waals surface area contributed by atoms with Gasteiger partial charge in [-0.15, -0.1) is 0 Å². The number of fused-ring (bicyclic) bond motifs is 1. The van der Waals surface area contributed by atoms with E-state index in [0.717, 1.165) is 22.2 Å². The van der Waals surface area contributed by atoms with E-state index in [4.69, 9.17) is 4.42 Å². The highest BCUT2D eigenvalue weighted by Gasteiger charge is 2.22. The van der Waals surface area contributed by atoms with Crippen LogP contribution in [0.3, 0.4) is 0 Å². The molecule has 1 heterocycles. The number of nitrogens with one attached hydrogen (secondary N) is 1. The molecular formula is C19H21N2O2+. The van der Waals surface area contributed by atoms with E-state index in [9.17, 15) is 4.79 Å². The van der Waals surface area contributed by atoms with Crippen molar-refractivity contribution >= 4 is 22.4 Å². The molecular weight excluding hydrogens is 288 g/mol. The molecule has 0 bridgehead atoms. The Labute approximate surface area is 135 Å². The van der Waals surface area contributed by atoms with Crippen molar-refractivity contribution in [1.82, 2.24) is 0 Å². The largest absolute Gasteiger partial charge is 0.463 e. The Bertz CT molecular complexity index is 791. The maximum atomic E-state index is 12.5. The van der Waals surface area contributed by atoms with Gasteiger partial charge >= 0.3 is 0 Å². The monoisotopic (exact) mass is 309 g/mol. The Morgan fingerprint density at radius 3 is 2.61 bits per heavy atom. The molecule has 1 amide bonds. The van der Waals surface area contributed by atoms with Crippen molar-refractivity contribution in [2.75, 3.05) is 5.32 Å². The third-order valence-corrected chi connectivity index (χ3v) is 4.03. The molecule has 0 radical (unpaired) electrons. The standard InChI is InChI=1S/C19H20N2O2/c1-13(18-11-6-12-23-18)20-14(2)19(22)21-17-10-5-8-15-7-3-4-9-16(15)17/h3-14,20H,1-2H3,(H,21,22)/p+1/t13-,14-/m0/s1. The van der Waals surface area contributed by atoms with Gasteiger partial charge in [-0.3, -0.25) is 4.79 Å². The van der Waals surface area contributed by atoms with Crippen molar-refractivity contribution in [3.8, 4) is 0 Å². The molecule has 0 aliphatic carbocycles. The Balaban J connectivity index is 1.70. The molecule has 0 fully saturated rings. The summed E-state index contributed by atoms with van der Waals surface area (Å²) in [6.07, 6.45) is 1.65. The first kappa shape index (κ1) is 15.3. The van der Waals surface area contributed by atoms with Crippen molar-refractivity contribution in [3.05, 3.63) is 66.6 Å². The zero-order valence-corrected chi connectivity index (χ0v) is 13.3. The second kappa shape index (κ2) is 6.67. The Morgan fingerprint density at radius 2 is 1.83 bits per heavy atom. The van der Waals surface area contributed by atoms with Crippen LogP contribution in [0.2, 0.25) is 0 Å². The fraction of sp³-hybridized carbons (Fsp3) is 0.211. The molecule has 0 saturated heterocycles. The van der Waals surface area contributed by atoms with Crippen LogP contribution in [0.1, 0.15) is 25.6 Å². The Kier molecular flexibility index (Phi) is 4.44. The Hall–Kier alpha value is -2.59. The van der Waals surface area contributed by atoms with Gasteiger partial charge in [-0.2, -0.15) is 0 Å². The first-order chi connectivity index (χ1) is 11.1. The van der Waals surface area contributed by atoms with E-state index in [0.29, 0.717) is 0 Å². The number of quaternary nitrogens is 1. The summed E-state index contributed by atoms with van der Waals surface area (Å²) in [6.45, 7) is 3.93. The summed E-state index contributed by atoms with van der Waals surface area (Å²) in [5.74, 6) is 0.856. The van der Waals surface area contributed by atoms with Crippen LogP contribution in [0.5, 0.6) is 0 Å². The Morgan fingerprint density at radius 1 is 1.04 bits per heavy atom. The molecule has 23 heavy (non-hydrogen) atoms. The molecule has 4 nitrogen and oxygen atoms in total. The minimum absolute atomic E-state index is 0.0141. The molecule has 0 spiro atoms. The number of rotatable bonds is 5. The van der Waals surface area contributed by atoms with E-state index in [1.807, 2.05) is 73.8 Å². The number of hydrogen-bond acceptors (Lipinski definition) is 2. The molecule has 3 aromatic rings. The SMILES string of the molecule is C[C@H]([NH2+][C@@H](C)c1ccco1)C(=O)Nc1cccc2ccccc12. The summed E-state index contributed by atoms with van der Waals surface area (Å²) in [7, 11) is 0. The lowest BCUT2D eigenvalue weighted by Crippen LogP contribution is -2.91. The normalized spacial score (nSPS) is 13.7. The van der Waals surface area contributed by atoms with Gasteiger partial charge in [-0.25, -0.2) is 0 Å². The van der Waals surface area contributed by atoms with E-state index in [1.54, 1.807) is 6.26 Å². The summed E-state index contributed by atoms with van der Waals surface area (Å²) >= 11 is 0. The van der Waals surface area contributed by atoms with Gasteiger partial charge in [-0.1, -0.05) is 36.4 Å². The van der Waals surface area contributed by atoms with Gasteiger partial charge in [-0.05, 0) is 37.4 Å². The summed E-state index contributed by atoms with van der Waals surface area (Å²) < 4.78 is 5.39. The number of carbonyl (C=O) groups is 1. The van der Waals surface area contributed by atoms with Gasteiger partial charge in [0.05, 0.1) is 6.26 Å². The maximum absolute atomic E-state index is 12.5. The summed E-state index contributed by atoms with van der Waals surface area (Å²) in [4.78, 5) is 12.5. The third kappa shape index (κ3) is 3.43. The first-order valence-electron chi connectivity index (χ1n) is 7.82. The first-order valence-corrected chi connectivity index (χ1v) is 7.82. The molecule has 3 rings (SSSR count). The van der Waals surface area contributed by atoms with Crippen molar-refractivity contribution in [2.45, 2.75) is 25.9 Å². The number of carbonyl (C=O) groups excluding carboxylic acids is 1. The van der Waals surface area contributed by atoms with Crippen LogP contribution >= 0.6 is 0 Å². The predicted octanol–water partition coefficient (Wildman–Crippen LogP) is 3.08. The smallest absolute Gasteiger partial charge is 0.282 e. The molecule has 1 aromatic heterocycles. The van der Waals surface area contributed by atoms with Gasteiger partial charge < -0.3 is 15.1 Å². The summed E-state index contributed by atoms with van der Waals surface area (Å²) in [5, 5.41) is 7.20. The highest BCUT2D eigenvalue weighted by Crippen LogP contribution is 2.22. The summed E-state index contributed by atoms with van der Waals surface area (Å²) in [6, 6.07) is 17.6. The van der Waals surface area contributed by atoms with Crippen LogP contribution in [-0.4, -0.2) is 11.9 Å². The second-order valence-electron chi connectivity index (χ2n) is 5.80. The molecule has 0 aliphatic rings. The number of anilines is 1. The fourth-order valence-electron chi connectivity index (χ4n) is 2.75. The molecule has 3 N–H and O–H groups in total. The van der Waals surface area contributed by atoms with Crippen LogP contribution in [-0.2, 0) is 4.79 Å². The number of benzene rings is 2. The number of amides is 1. The van der Waals surface area contributed by atoms with Crippen LogP contribution in [0.25, 0.3) is 10.8 Å². The lowest BCUT2D eigenvalue weighted by molar-refractivity contribution is -0.711. The van der Waals surface area contributed by atoms with Gasteiger partial charge in [0.25, 0.3) is 5.91 Å². The molecule has 0 aliphatic heterocycles. The van der Waals surface area contributed by atoms with Crippen molar-refractivity contribution in [3.63, 3.8) is 0 Å². The average Bonchev–Trinajstić information content (AvgIpc) is 3.09. The highest BCUT2D eigenvalue weighted by atomic mass is 16.3. The van der Waals surface area contributed by atoms with E-state index >= 15 is 0 Å².